The zero-order valence-corrected chi connectivity index (χ0v) is 20.7. The highest BCUT2D eigenvalue weighted by molar-refractivity contribution is 6.32. The molecule has 0 fully saturated rings. The fourth-order valence-corrected chi connectivity index (χ4v) is 3.46. The van der Waals surface area contributed by atoms with E-state index >= 15 is 0 Å². The molecule has 0 atom stereocenters. The molecular weight excluding hydrogens is 476 g/mol. The Morgan fingerprint density at radius 1 is 1.06 bits per heavy atom. The minimum Gasteiger partial charge on any atom is -0.454 e. The first kappa shape index (κ1) is 24.8. The lowest BCUT2D eigenvalue weighted by molar-refractivity contribution is 0.242. The summed E-state index contributed by atoms with van der Waals surface area (Å²) in [5.41, 5.74) is 3.21. The molecule has 182 valence electrons. The Hall–Kier alpha value is -4.35. The van der Waals surface area contributed by atoms with Crippen molar-refractivity contribution < 1.29 is 9.53 Å². The summed E-state index contributed by atoms with van der Waals surface area (Å²) in [6.45, 7) is 4.78. The third kappa shape index (κ3) is 6.62. The number of halogens is 1. The maximum absolute atomic E-state index is 11.6. The van der Waals surface area contributed by atoms with Crippen LogP contribution in [0.5, 0.6) is 11.5 Å². The van der Waals surface area contributed by atoms with E-state index < -0.39 is 0 Å². The molecule has 0 unspecified atom stereocenters. The van der Waals surface area contributed by atoms with E-state index in [9.17, 15) is 4.79 Å². The minimum atomic E-state index is -0.227. The lowest BCUT2D eigenvalue weighted by Crippen LogP contribution is -2.35. The number of ether oxygens (including phenoxy) is 1. The zero-order chi connectivity index (χ0) is 25.3. The van der Waals surface area contributed by atoms with Crippen molar-refractivity contribution in [2.24, 2.45) is 0 Å². The molecular formula is C27H25ClN6O2. The largest absolute Gasteiger partial charge is 0.454 e. The number of urea groups is 1. The second kappa shape index (κ2) is 11.9. The maximum atomic E-state index is 11.6. The van der Waals surface area contributed by atoms with Crippen molar-refractivity contribution in [2.45, 2.75) is 20.3 Å². The highest BCUT2D eigenvalue weighted by atomic mass is 35.5. The molecule has 0 aliphatic rings. The Balaban J connectivity index is 1.48. The number of benzene rings is 2. The standard InChI is InChI=1S/C27H25ClN6O2/c1-3-12-29-27(35)30-13-4-5-19-7-10-24-22(14-19)26(33-17-32-24)34-20-8-11-25(23(28)15-20)36-21-9-6-18(2)31-16-21/h6-11,14-17H,3,12-13H2,1-2H3,(H2,29,30,35)(H,32,33,34). The number of anilines is 2. The summed E-state index contributed by atoms with van der Waals surface area (Å²) >= 11 is 6.47. The first-order valence-electron chi connectivity index (χ1n) is 11.4. The van der Waals surface area contributed by atoms with Crippen molar-refractivity contribution in [3.05, 3.63) is 77.3 Å². The van der Waals surface area contributed by atoms with Crippen LogP contribution in [-0.4, -0.2) is 34.1 Å². The van der Waals surface area contributed by atoms with Crippen molar-refractivity contribution in [1.82, 2.24) is 25.6 Å². The van der Waals surface area contributed by atoms with Crippen LogP contribution in [-0.2, 0) is 0 Å². The van der Waals surface area contributed by atoms with Crippen LogP contribution in [0.15, 0.2) is 61.1 Å². The van der Waals surface area contributed by atoms with Gasteiger partial charge in [0.25, 0.3) is 0 Å². The molecule has 0 radical (unpaired) electrons. The molecule has 0 aliphatic heterocycles. The number of aryl methyl sites for hydroxylation is 1. The number of carbonyl (C=O) groups excluding carboxylic acids is 1. The summed E-state index contributed by atoms with van der Waals surface area (Å²) in [6.07, 6.45) is 4.03. The number of aromatic nitrogens is 3. The predicted octanol–water partition coefficient (Wildman–Crippen LogP) is 5.58. The van der Waals surface area contributed by atoms with Crippen LogP contribution < -0.4 is 20.7 Å². The van der Waals surface area contributed by atoms with Crippen molar-refractivity contribution >= 4 is 40.0 Å². The van der Waals surface area contributed by atoms with E-state index in [2.05, 4.69) is 42.7 Å². The van der Waals surface area contributed by atoms with Gasteiger partial charge in [-0.25, -0.2) is 14.8 Å². The molecule has 9 heteroatoms. The Labute approximate surface area is 214 Å². The molecule has 4 aromatic rings. The molecule has 0 saturated carbocycles. The molecule has 0 spiro atoms. The summed E-state index contributed by atoms with van der Waals surface area (Å²) in [5.74, 6) is 7.77. The summed E-state index contributed by atoms with van der Waals surface area (Å²) < 4.78 is 5.84. The van der Waals surface area contributed by atoms with Gasteiger partial charge in [-0.3, -0.25) is 4.98 Å². The molecule has 2 aromatic carbocycles. The van der Waals surface area contributed by atoms with Crippen LogP contribution in [0.3, 0.4) is 0 Å². The number of nitrogens with zero attached hydrogens (tertiary/aromatic N) is 3. The van der Waals surface area contributed by atoms with Gasteiger partial charge in [0.15, 0.2) is 0 Å². The minimum absolute atomic E-state index is 0.227. The first-order chi connectivity index (χ1) is 17.5. The van der Waals surface area contributed by atoms with Crippen LogP contribution in [0.2, 0.25) is 5.02 Å². The SMILES string of the molecule is CCCNC(=O)NCC#Cc1ccc2ncnc(Nc3ccc(Oc4ccc(C)nc4)c(Cl)c3)c2c1. The van der Waals surface area contributed by atoms with Gasteiger partial charge in [-0.05, 0) is 61.9 Å². The molecule has 3 N–H and O–H groups in total. The molecule has 8 nitrogen and oxygen atoms in total. The lowest BCUT2D eigenvalue weighted by Gasteiger charge is -2.12. The monoisotopic (exact) mass is 500 g/mol. The number of amides is 2. The van der Waals surface area contributed by atoms with Gasteiger partial charge in [0.05, 0.1) is 23.3 Å². The lowest BCUT2D eigenvalue weighted by atomic mass is 10.1. The third-order valence-electron chi connectivity index (χ3n) is 5.05. The molecule has 2 aromatic heterocycles. The number of rotatable bonds is 7. The van der Waals surface area contributed by atoms with Gasteiger partial charge in [-0.2, -0.15) is 0 Å². The van der Waals surface area contributed by atoms with Crippen molar-refractivity contribution in [2.75, 3.05) is 18.4 Å². The second-order valence-corrected chi connectivity index (χ2v) is 8.28. The Bertz CT molecular complexity index is 1430. The average Bonchev–Trinajstić information content (AvgIpc) is 2.88. The van der Waals surface area contributed by atoms with Crippen molar-refractivity contribution in [1.29, 1.82) is 0 Å². The summed E-state index contributed by atoms with van der Waals surface area (Å²) in [4.78, 5) is 24.6. The van der Waals surface area contributed by atoms with Gasteiger partial charge in [0, 0.05) is 28.9 Å². The number of hydrogen-bond donors (Lipinski definition) is 3. The zero-order valence-electron chi connectivity index (χ0n) is 19.9. The molecule has 0 aliphatic carbocycles. The van der Waals surface area contributed by atoms with Gasteiger partial charge in [-0.1, -0.05) is 30.4 Å². The number of pyridine rings is 1. The average molecular weight is 501 g/mol. The Morgan fingerprint density at radius 3 is 2.72 bits per heavy atom. The molecule has 4 rings (SSSR count). The fraction of sp³-hybridized carbons (Fsp3) is 0.185. The van der Waals surface area contributed by atoms with Crippen LogP contribution in [0, 0.1) is 18.8 Å². The first-order valence-corrected chi connectivity index (χ1v) is 11.8. The molecule has 0 saturated heterocycles. The van der Waals surface area contributed by atoms with Gasteiger partial charge in [0.1, 0.15) is 23.6 Å². The summed E-state index contributed by atoms with van der Waals surface area (Å²) in [5, 5.41) is 10.0. The summed E-state index contributed by atoms with van der Waals surface area (Å²) in [6, 6.07) is 14.6. The molecule has 2 amide bonds. The maximum Gasteiger partial charge on any atom is 0.315 e. The molecule has 0 bridgehead atoms. The smallest absolute Gasteiger partial charge is 0.315 e. The van der Waals surface area contributed by atoms with Gasteiger partial charge in [0.2, 0.25) is 0 Å². The topological polar surface area (TPSA) is 101 Å². The number of hydrogen-bond acceptors (Lipinski definition) is 6. The van der Waals surface area contributed by atoms with Crippen molar-refractivity contribution in [3.8, 4) is 23.3 Å². The predicted molar refractivity (Wildman–Crippen MR) is 142 cm³/mol. The van der Waals surface area contributed by atoms with Crippen LogP contribution in [0.1, 0.15) is 24.6 Å². The van der Waals surface area contributed by atoms with Crippen molar-refractivity contribution in [3.63, 3.8) is 0 Å². The third-order valence-corrected chi connectivity index (χ3v) is 5.34. The number of nitrogens with one attached hydrogen (secondary N) is 3. The number of fused-ring (bicyclic) bond motifs is 1. The summed E-state index contributed by atoms with van der Waals surface area (Å²) in [7, 11) is 0. The highest BCUT2D eigenvalue weighted by Gasteiger charge is 2.09. The van der Waals surface area contributed by atoms with E-state index in [1.807, 2.05) is 50.2 Å². The molecule has 36 heavy (non-hydrogen) atoms. The van der Waals surface area contributed by atoms with Gasteiger partial charge >= 0.3 is 6.03 Å². The molecule has 2 heterocycles. The van der Waals surface area contributed by atoms with E-state index in [4.69, 9.17) is 16.3 Å². The normalized spacial score (nSPS) is 10.3. The van der Waals surface area contributed by atoms with Crippen LogP contribution in [0.4, 0.5) is 16.3 Å². The van der Waals surface area contributed by atoms with Crippen LogP contribution in [0.25, 0.3) is 10.9 Å². The van der Waals surface area contributed by atoms with Gasteiger partial charge < -0.3 is 20.7 Å². The van der Waals surface area contributed by atoms with E-state index in [1.165, 1.54) is 6.33 Å². The van der Waals surface area contributed by atoms with E-state index in [0.29, 0.717) is 28.9 Å². The second-order valence-electron chi connectivity index (χ2n) is 7.87. The Kier molecular flexibility index (Phi) is 8.16. The van der Waals surface area contributed by atoms with Gasteiger partial charge in [-0.15, -0.1) is 0 Å². The highest BCUT2D eigenvalue weighted by Crippen LogP contribution is 2.33. The Morgan fingerprint density at radius 2 is 1.94 bits per heavy atom. The number of carbonyl (C=O) groups is 1. The van der Waals surface area contributed by atoms with E-state index in [1.54, 1.807) is 18.3 Å². The van der Waals surface area contributed by atoms with E-state index in [0.717, 1.165) is 34.3 Å². The fourth-order valence-electron chi connectivity index (χ4n) is 3.25. The van der Waals surface area contributed by atoms with E-state index in [-0.39, 0.29) is 12.6 Å². The quantitative estimate of drug-likeness (QED) is 0.286. The van der Waals surface area contributed by atoms with Crippen LogP contribution >= 0.6 is 11.6 Å².